The standard InChI is InChI=1S/C22H24N4O5S/c1-15-20(22(28)26(24(15)2)16-9-5-4-6-10-16)23-21(27)19-13-14-25(32(3,29)30)17-11-7-8-12-18(17)31-19/h4-12,19H,13-14H2,1-3H3,(H,23,27)/t19-/m0/s1. The van der Waals surface area contributed by atoms with Gasteiger partial charge in [0.1, 0.15) is 11.4 Å². The summed E-state index contributed by atoms with van der Waals surface area (Å²) in [5.41, 5.74) is 1.43. The Labute approximate surface area is 185 Å². The summed E-state index contributed by atoms with van der Waals surface area (Å²) in [5.74, 6) is -0.219. The van der Waals surface area contributed by atoms with Crippen LogP contribution in [0.4, 0.5) is 11.4 Å². The van der Waals surface area contributed by atoms with Crippen molar-refractivity contribution in [2.75, 3.05) is 22.4 Å². The predicted molar refractivity (Wildman–Crippen MR) is 122 cm³/mol. The number of fused-ring (bicyclic) bond motifs is 1. The number of aromatic nitrogens is 2. The molecule has 1 aliphatic rings. The van der Waals surface area contributed by atoms with Gasteiger partial charge in [0.2, 0.25) is 10.0 Å². The fourth-order valence-corrected chi connectivity index (χ4v) is 4.72. The Morgan fingerprint density at radius 1 is 1.09 bits per heavy atom. The number of para-hydroxylation sites is 3. The lowest BCUT2D eigenvalue weighted by molar-refractivity contribution is -0.122. The monoisotopic (exact) mass is 456 g/mol. The highest BCUT2D eigenvalue weighted by molar-refractivity contribution is 7.92. The van der Waals surface area contributed by atoms with Crippen molar-refractivity contribution >= 4 is 27.3 Å². The number of nitrogens with zero attached hydrogens (tertiary/aromatic N) is 3. The summed E-state index contributed by atoms with van der Waals surface area (Å²) < 4.78 is 34.8. The minimum atomic E-state index is -3.55. The number of hydrogen-bond acceptors (Lipinski definition) is 5. The van der Waals surface area contributed by atoms with Crippen molar-refractivity contribution in [2.45, 2.75) is 19.4 Å². The molecule has 0 bridgehead atoms. The number of anilines is 2. The summed E-state index contributed by atoms with van der Waals surface area (Å²) in [4.78, 5) is 26.2. The minimum Gasteiger partial charge on any atom is -0.478 e. The van der Waals surface area contributed by atoms with Gasteiger partial charge in [-0.25, -0.2) is 13.1 Å². The molecule has 0 saturated carbocycles. The quantitative estimate of drug-likeness (QED) is 0.647. The number of carbonyl (C=O) groups excluding carboxylic acids is 1. The summed E-state index contributed by atoms with van der Waals surface area (Å²) in [6, 6.07) is 15.8. The summed E-state index contributed by atoms with van der Waals surface area (Å²) in [5, 5.41) is 2.71. The van der Waals surface area contributed by atoms with Gasteiger partial charge >= 0.3 is 0 Å². The molecule has 1 amide bonds. The number of nitrogens with one attached hydrogen (secondary N) is 1. The van der Waals surface area contributed by atoms with Crippen LogP contribution in [0.2, 0.25) is 0 Å². The molecule has 1 aliphatic heterocycles. The van der Waals surface area contributed by atoms with E-state index >= 15 is 0 Å². The van der Waals surface area contributed by atoms with E-state index in [9.17, 15) is 18.0 Å². The molecule has 1 aromatic heterocycles. The van der Waals surface area contributed by atoms with Crippen LogP contribution in [0.25, 0.3) is 5.69 Å². The third-order valence-electron chi connectivity index (χ3n) is 5.49. The smallest absolute Gasteiger partial charge is 0.295 e. The highest BCUT2D eigenvalue weighted by Crippen LogP contribution is 2.34. The Bertz CT molecular complexity index is 1330. The van der Waals surface area contributed by atoms with Gasteiger partial charge in [0.25, 0.3) is 11.5 Å². The van der Waals surface area contributed by atoms with Crippen LogP contribution >= 0.6 is 0 Å². The average molecular weight is 457 g/mol. The van der Waals surface area contributed by atoms with E-state index in [1.807, 2.05) is 18.2 Å². The van der Waals surface area contributed by atoms with Crippen LogP contribution in [0.15, 0.2) is 59.4 Å². The molecule has 168 valence electrons. The van der Waals surface area contributed by atoms with E-state index in [1.165, 1.54) is 8.99 Å². The first-order valence-corrected chi connectivity index (χ1v) is 11.9. The molecule has 1 N–H and O–H groups in total. The van der Waals surface area contributed by atoms with E-state index in [2.05, 4.69) is 5.32 Å². The van der Waals surface area contributed by atoms with Gasteiger partial charge in [-0.3, -0.25) is 18.6 Å². The molecule has 0 aliphatic carbocycles. The first-order chi connectivity index (χ1) is 15.2. The van der Waals surface area contributed by atoms with Gasteiger partial charge < -0.3 is 10.1 Å². The number of sulfonamides is 1. The number of rotatable bonds is 4. The highest BCUT2D eigenvalue weighted by atomic mass is 32.2. The molecular formula is C22H24N4O5S. The van der Waals surface area contributed by atoms with Gasteiger partial charge in [-0.2, -0.15) is 0 Å². The van der Waals surface area contributed by atoms with Gasteiger partial charge in [0.05, 0.1) is 23.3 Å². The Kier molecular flexibility index (Phi) is 5.55. The summed E-state index contributed by atoms with van der Waals surface area (Å²) in [6.45, 7) is 1.82. The van der Waals surface area contributed by atoms with Crippen LogP contribution in [0.3, 0.4) is 0 Å². The molecule has 0 radical (unpaired) electrons. The highest BCUT2D eigenvalue weighted by Gasteiger charge is 2.32. The first kappa shape index (κ1) is 21.7. The van der Waals surface area contributed by atoms with Crippen molar-refractivity contribution in [1.29, 1.82) is 0 Å². The van der Waals surface area contributed by atoms with Crippen molar-refractivity contribution in [3.8, 4) is 11.4 Å². The van der Waals surface area contributed by atoms with Crippen LogP contribution < -0.4 is 19.9 Å². The SMILES string of the molecule is Cc1c(NC(=O)[C@@H]2CCN(S(C)(=O)=O)c3ccccc3O2)c(=O)n(-c2ccccc2)n1C. The van der Waals surface area contributed by atoms with Crippen molar-refractivity contribution in [3.05, 3.63) is 70.6 Å². The maximum Gasteiger partial charge on any atom is 0.295 e. The third kappa shape index (κ3) is 3.89. The number of amides is 1. The van der Waals surface area contributed by atoms with Crippen molar-refractivity contribution in [2.24, 2.45) is 7.05 Å². The van der Waals surface area contributed by atoms with Gasteiger partial charge in [0.15, 0.2) is 6.10 Å². The van der Waals surface area contributed by atoms with E-state index in [4.69, 9.17) is 4.74 Å². The maximum absolute atomic E-state index is 13.1. The van der Waals surface area contributed by atoms with Gasteiger partial charge in [-0.15, -0.1) is 0 Å². The zero-order chi connectivity index (χ0) is 23.0. The molecule has 2 heterocycles. The van der Waals surface area contributed by atoms with Gasteiger partial charge in [0, 0.05) is 20.0 Å². The number of ether oxygens (including phenoxy) is 1. The van der Waals surface area contributed by atoms with Crippen LogP contribution in [-0.4, -0.2) is 42.6 Å². The average Bonchev–Trinajstić information content (AvgIpc) is 2.90. The van der Waals surface area contributed by atoms with E-state index in [0.29, 0.717) is 22.8 Å². The first-order valence-electron chi connectivity index (χ1n) is 10.1. The van der Waals surface area contributed by atoms with Crippen LogP contribution in [-0.2, 0) is 21.9 Å². The maximum atomic E-state index is 13.1. The Morgan fingerprint density at radius 3 is 2.44 bits per heavy atom. The number of hydrogen-bond donors (Lipinski definition) is 1. The van der Waals surface area contributed by atoms with Crippen molar-refractivity contribution in [1.82, 2.24) is 9.36 Å². The van der Waals surface area contributed by atoms with E-state index < -0.39 is 22.0 Å². The topological polar surface area (TPSA) is 103 Å². The molecular weight excluding hydrogens is 432 g/mol. The summed E-state index contributed by atoms with van der Waals surface area (Å²) in [6.07, 6.45) is 0.280. The molecule has 2 aromatic carbocycles. The molecule has 0 fully saturated rings. The molecule has 9 nitrogen and oxygen atoms in total. The zero-order valence-corrected chi connectivity index (χ0v) is 18.8. The second-order valence-electron chi connectivity index (χ2n) is 7.62. The van der Waals surface area contributed by atoms with Crippen LogP contribution in [0.5, 0.6) is 5.75 Å². The van der Waals surface area contributed by atoms with Crippen molar-refractivity contribution < 1.29 is 17.9 Å². The second-order valence-corrected chi connectivity index (χ2v) is 9.53. The molecule has 4 rings (SSSR count). The lowest BCUT2D eigenvalue weighted by Crippen LogP contribution is -2.37. The minimum absolute atomic E-state index is 0.0793. The Balaban J connectivity index is 1.64. The van der Waals surface area contributed by atoms with Crippen LogP contribution in [0, 0.1) is 6.92 Å². The summed E-state index contributed by atoms with van der Waals surface area (Å²) >= 11 is 0. The molecule has 1 atom stereocenters. The summed E-state index contributed by atoms with van der Waals surface area (Å²) in [7, 11) is -1.81. The van der Waals surface area contributed by atoms with E-state index in [-0.39, 0.29) is 24.2 Å². The molecule has 0 saturated heterocycles. The number of carbonyl (C=O) groups is 1. The third-order valence-corrected chi connectivity index (χ3v) is 6.67. The van der Waals surface area contributed by atoms with Crippen LogP contribution in [0.1, 0.15) is 12.1 Å². The molecule has 32 heavy (non-hydrogen) atoms. The molecule has 10 heteroatoms. The molecule has 3 aromatic rings. The largest absolute Gasteiger partial charge is 0.478 e. The fraction of sp³-hybridized carbons (Fsp3) is 0.273. The fourth-order valence-electron chi connectivity index (χ4n) is 3.78. The molecule has 0 unspecified atom stereocenters. The Morgan fingerprint density at radius 2 is 1.75 bits per heavy atom. The normalized spacial score (nSPS) is 16.1. The van der Waals surface area contributed by atoms with E-state index in [0.717, 1.165) is 6.26 Å². The Hall–Kier alpha value is -3.53. The number of benzene rings is 2. The molecule has 0 spiro atoms. The predicted octanol–water partition coefficient (Wildman–Crippen LogP) is 2.04. The lowest BCUT2D eigenvalue weighted by atomic mass is 10.2. The van der Waals surface area contributed by atoms with Crippen molar-refractivity contribution in [3.63, 3.8) is 0 Å². The zero-order valence-electron chi connectivity index (χ0n) is 18.0. The second kappa shape index (κ2) is 8.19. The van der Waals surface area contributed by atoms with E-state index in [1.54, 1.807) is 55.1 Å². The lowest BCUT2D eigenvalue weighted by Gasteiger charge is -2.20. The van der Waals surface area contributed by atoms with Gasteiger partial charge in [-0.1, -0.05) is 30.3 Å². The van der Waals surface area contributed by atoms with Gasteiger partial charge in [-0.05, 0) is 31.2 Å².